The molecule has 4 N–H and O–H groups in total. The summed E-state index contributed by atoms with van der Waals surface area (Å²) in [6, 6.07) is 62.9. The van der Waals surface area contributed by atoms with Crippen molar-refractivity contribution in [3.05, 3.63) is 219 Å². The zero-order chi connectivity index (χ0) is 46.0. The predicted octanol–water partition coefficient (Wildman–Crippen LogP) is 16.6. The molecule has 0 bridgehead atoms. The summed E-state index contributed by atoms with van der Waals surface area (Å²) in [5, 5.41) is 2.12. The minimum absolute atomic E-state index is 0.707. The topological polar surface area (TPSA) is 107 Å². The zero-order valence-corrected chi connectivity index (χ0v) is 42.6. The highest BCUT2D eigenvalue weighted by Crippen LogP contribution is 2.32. The molecule has 0 atom stereocenters. The van der Waals surface area contributed by atoms with Crippen LogP contribution in [0.3, 0.4) is 0 Å². The summed E-state index contributed by atoms with van der Waals surface area (Å²) in [4.78, 5) is 25.4. The van der Waals surface area contributed by atoms with Crippen LogP contribution in [0.25, 0.3) is 41.6 Å². The molecular formula is C52H40Br3N5OS4. The lowest BCUT2D eigenvalue weighted by Gasteiger charge is -1.97. The summed E-state index contributed by atoms with van der Waals surface area (Å²) in [5.74, 6) is 0. The van der Waals surface area contributed by atoms with Crippen LogP contribution in [0.15, 0.2) is 222 Å². The van der Waals surface area contributed by atoms with Crippen LogP contribution in [0.2, 0.25) is 0 Å². The number of aldehydes is 1. The maximum absolute atomic E-state index is 10.1. The number of anilines is 2. The van der Waals surface area contributed by atoms with Crippen molar-refractivity contribution in [2.75, 3.05) is 11.5 Å². The van der Waals surface area contributed by atoms with Crippen LogP contribution >= 0.6 is 95.7 Å². The van der Waals surface area contributed by atoms with Crippen molar-refractivity contribution in [1.82, 2.24) is 9.97 Å². The van der Waals surface area contributed by atoms with E-state index in [1.807, 2.05) is 164 Å². The molecule has 65 heavy (non-hydrogen) atoms. The lowest BCUT2D eigenvalue weighted by Crippen LogP contribution is -1.83. The van der Waals surface area contributed by atoms with Crippen molar-refractivity contribution in [2.24, 2.45) is 4.99 Å². The molecule has 10 aromatic rings. The highest BCUT2D eigenvalue weighted by atomic mass is 79.9. The number of fused-ring (bicyclic) bond motifs is 2. The number of hydrogen-bond acceptors (Lipinski definition) is 10. The Hall–Kier alpha value is -5.38. The third-order valence-corrected chi connectivity index (χ3v) is 13.4. The van der Waals surface area contributed by atoms with E-state index in [9.17, 15) is 4.79 Å². The number of rotatable bonds is 5. The van der Waals surface area contributed by atoms with E-state index in [2.05, 4.69) is 112 Å². The molecule has 2 heterocycles. The summed E-state index contributed by atoms with van der Waals surface area (Å²) < 4.78 is 5.61. The average molecular weight is 1120 g/mol. The van der Waals surface area contributed by atoms with E-state index in [1.165, 1.54) is 15.0 Å². The fourth-order valence-electron chi connectivity index (χ4n) is 5.50. The van der Waals surface area contributed by atoms with Gasteiger partial charge in [0.1, 0.15) is 16.3 Å². The van der Waals surface area contributed by atoms with Crippen molar-refractivity contribution in [2.45, 2.75) is 9.79 Å². The molecule has 0 radical (unpaired) electrons. The van der Waals surface area contributed by atoms with Crippen LogP contribution in [0.4, 0.5) is 17.1 Å². The minimum Gasteiger partial charge on any atom is -0.399 e. The van der Waals surface area contributed by atoms with Crippen molar-refractivity contribution in [1.29, 1.82) is 0 Å². The molecule has 2 aromatic heterocycles. The first kappa shape index (κ1) is 49.1. The van der Waals surface area contributed by atoms with Gasteiger partial charge >= 0.3 is 0 Å². The van der Waals surface area contributed by atoms with Gasteiger partial charge in [-0.25, -0.2) is 9.97 Å². The number of carbonyl (C=O) groups is 1. The first-order chi connectivity index (χ1) is 31.5. The number of thiazole rings is 2. The normalized spacial score (nSPS) is 10.4. The van der Waals surface area contributed by atoms with Crippen molar-refractivity contribution >= 4 is 146 Å². The van der Waals surface area contributed by atoms with Gasteiger partial charge in [-0.05, 0) is 115 Å². The van der Waals surface area contributed by atoms with Crippen molar-refractivity contribution in [3.63, 3.8) is 0 Å². The minimum atomic E-state index is 0.707. The van der Waals surface area contributed by atoms with Crippen molar-refractivity contribution < 1.29 is 4.79 Å². The van der Waals surface area contributed by atoms with E-state index in [4.69, 9.17) is 11.5 Å². The fourth-order valence-corrected chi connectivity index (χ4v) is 8.62. The summed E-state index contributed by atoms with van der Waals surface area (Å²) in [6.45, 7) is 0. The molecule has 0 saturated heterocycles. The highest BCUT2D eigenvalue weighted by Gasteiger charge is 2.06. The van der Waals surface area contributed by atoms with Gasteiger partial charge in [0, 0.05) is 57.5 Å². The number of para-hydroxylation sites is 4. The molecule has 0 aliphatic rings. The summed E-state index contributed by atoms with van der Waals surface area (Å²) in [5.41, 5.74) is 19.7. The Morgan fingerprint density at radius 3 is 1.34 bits per heavy atom. The molecule has 0 aliphatic carbocycles. The largest absolute Gasteiger partial charge is 0.399 e. The quantitative estimate of drug-likeness (QED) is 0.0594. The Balaban J connectivity index is 0.000000138. The van der Waals surface area contributed by atoms with Crippen molar-refractivity contribution in [3.8, 4) is 21.1 Å². The van der Waals surface area contributed by atoms with Gasteiger partial charge in [-0.2, -0.15) is 0 Å². The number of nitrogens with two attached hydrogens (primary N) is 2. The number of aliphatic imine (C=N–C) groups is 1. The molecule has 0 unspecified atom stereocenters. The fraction of sp³-hybridized carbons (Fsp3) is 0. The number of benzene rings is 8. The molecule has 0 aliphatic heterocycles. The third-order valence-electron chi connectivity index (χ3n) is 8.88. The molecule has 0 amide bonds. The highest BCUT2D eigenvalue weighted by molar-refractivity contribution is 9.11. The molecule has 0 spiro atoms. The molecule has 0 fully saturated rings. The standard InChI is InChI=1S/C13H8BrNS.C13H10BrNS.C13H10N2S.C7H5BrO.C6H7NS/c14-10-7-5-9(6-8-10)13-15-11-3-1-2-4-12(11)16-13;14-11-7-5-10(6-8-11)9-15-12-3-1-2-4-13(12)16;14-10-7-5-9(6-8-10)13-15-11-3-1-2-4-12(11)16-13;8-7-3-1-6(5-9)2-4-7;7-5-3-1-2-4-6(5)8/h1-8H;1-9,16H;1-8H,14H2;1-5H;1-4,8H,7H2. The predicted molar refractivity (Wildman–Crippen MR) is 295 cm³/mol. The number of hydrogen-bond donors (Lipinski definition) is 4. The maximum Gasteiger partial charge on any atom is 0.150 e. The SMILES string of the molecule is Brc1ccc(-c2nc3ccccc3s2)cc1.Nc1ccc(-c2nc3ccccc3s2)cc1.Nc1ccccc1S.O=Cc1ccc(Br)cc1.Sc1ccccc1N=Cc1ccc(Br)cc1. The molecular weight excluding hydrogens is 1080 g/mol. The Labute approximate surface area is 422 Å². The number of halogens is 3. The van der Waals surface area contributed by atoms with E-state index in [1.54, 1.807) is 34.8 Å². The van der Waals surface area contributed by atoms with Crippen LogP contribution in [0.5, 0.6) is 0 Å². The number of carbonyl (C=O) groups excluding carboxylic acids is 1. The second-order valence-electron chi connectivity index (χ2n) is 13.6. The Morgan fingerprint density at radius 1 is 0.477 bits per heavy atom. The summed E-state index contributed by atoms with van der Waals surface area (Å²) >= 11 is 21.9. The van der Waals surface area contributed by atoms with Gasteiger partial charge in [0.05, 0.1) is 26.1 Å². The van der Waals surface area contributed by atoms with Gasteiger partial charge in [0.25, 0.3) is 0 Å². The van der Waals surface area contributed by atoms with Crippen LogP contribution in [0, 0.1) is 0 Å². The monoisotopic (exact) mass is 1110 g/mol. The smallest absolute Gasteiger partial charge is 0.150 e. The number of nitrogen functional groups attached to an aromatic ring is 2. The number of nitrogens with zero attached hydrogens (tertiary/aromatic N) is 3. The first-order valence-corrected chi connectivity index (χ1v) is 24.6. The molecule has 0 saturated carbocycles. The Kier molecular flexibility index (Phi) is 19.1. The number of aromatic nitrogens is 2. The second-order valence-corrected chi connectivity index (χ2v) is 19.4. The van der Waals surface area contributed by atoms with Crippen LogP contribution in [0.1, 0.15) is 15.9 Å². The van der Waals surface area contributed by atoms with Crippen LogP contribution in [-0.2, 0) is 0 Å². The Bertz CT molecular complexity index is 2880. The van der Waals surface area contributed by atoms with Crippen LogP contribution in [-0.4, -0.2) is 22.5 Å². The first-order valence-electron chi connectivity index (χ1n) is 19.7. The molecule has 10 rings (SSSR count). The van der Waals surface area contributed by atoms with E-state index in [0.29, 0.717) is 5.56 Å². The lowest BCUT2D eigenvalue weighted by molar-refractivity contribution is 0.112. The molecule has 13 heteroatoms. The van der Waals surface area contributed by atoms with Gasteiger partial charge in [-0.1, -0.05) is 133 Å². The second kappa shape index (κ2) is 25.4. The molecule has 8 aromatic carbocycles. The van der Waals surface area contributed by atoms with E-state index >= 15 is 0 Å². The zero-order valence-electron chi connectivity index (χ0n) is 34.4. The van der Waals surface area contributed by atoms with Gasteiger partial charge in [0.2, 0.25) is 0 Å². The van der Waals surface area contributed by atoms with E-state index < -0.39 is 0 Å². The number of thiol groups is 2. The van der Waals surface area contributed by atoms with E-state index in [0.717, 1.165) is 78.7 Å². The third kappa shape index (κ3) is 15.6. The summed E-state index contributed by atoms with van der Waals surface area (Å²) in [6.07, 6.45) is 2.66. The van der Waals surface area contributed by atoms with Crippen LogP contribution < -0.4 is 11.5 Å². The maximum atomic E-state index is 10.1. The molecule has 324 valence electrons. The van der Waals surface area contributed by atoms with Gasteiger partial charge < -0.3 is 11.5 Å². The molecule has 6 nitrogen and oxygen atoms in total. The van der Waals surface area contributed by atoms with Gasteiger partial charge in [0.15, 0.2) is 0 Å². The van der Waals surface area contributed by atoms with Gasteiger partial charge in [-0.15, -0.1) is 47.9 Å². The van der Waals surface area contributed by atoms with E-state index in [-0.39, 0.29) is 0 Å². The lowest BCUT2D eigenvalue weighted by atomic mass is 10.2. The Morgan fingerprint density at radius 2 is 0.892 bits per heavy atom. The average Bonchev–Trinajstić information content (AvgIpc) is 3.97. The van der Waals surface area contributed by atoms with Gasteiger partial charge in [-0.3, -0.25) is 9.79 Å². The summed E-state index contributed by atoms with van der Waals surface area (Å²) in [7, 11) is 0.